The summed E-state index contributed by atoms with van der Waals surface area (Å²) in [5, 5.41) is 12.1. The lowest BCUT2D eigenvalue weighted by Gasteiger charge is -2.04. The summed E-state index contributed by atoms with van der Waals surface area (Å²) in [6, 6.07) is 0. The van der Waals surface area contributed by atoms with E-state index in [-0.39, 0.29) is 11.0 Å². The molecule has 2 N–H and O–H groups in total. The van der Waals surface area contributed by atoms with Crippen LogP contribution in [0.4, 0.5) is 0 Å². The van der Waals surface area contributed by atoms with Crippen LogP contribution in [0.1, 0.15) is 62.8 Å². The number of amides is 1. The van der Waals surface area contributed by atoms with Gasteiger partial charge in [-0.2, -0.15) is 0 Å². The van der Waals surface area contributed by atoms with Crippen LogP contribution in [0.2, 0.25) is 0 Å². The Kier molecular flexibility index (Phi) is 8.83. The third-order valence-corrected chi connectivity index (χ3v) is 3.53. The molecular formula is C14H27NO3S. The molecule has 0 aliphatic carbocycles. The molecule has 0 heterocycles. The lowest BCUT2D eigenvalue weighted by molar-refractivity contribution is -0.118. The highest BCUT2D eigenvalue weighted by molar-refractivity contribution is 8.13. The van der Waals surface area contributed by atoms with Gasteiger partial charge in [-0.05, 0) is 19.7 Å². The maximum atomic E-state index is 11.5. The number of aliphatic hydroxyl groups is 1. The molecule has 0 fully saturated rings. The van der Waals surface area contributed by atoms with E-state index in [0.29, 0.717) is 31.6 Å². The number of hydrogen-bond donors (Lipinski definition) is 2. The van der Waals surface area contributed by atoms with E-state index in [1.54, 1.807) is 0 Å². The molecule has 0 radical (unpaired) electrons. The fourth-order valence-electron chi connectivity index (χ4n) is 1.60. The normalized spacial score (nSPS) is 15.2. The van der Waals surface area contributed by atoms with E-state index in [0.717, 1.165) is 25.7 Å². The van der Waals surface area contributed by atoms with Crippen LogP contribution in [-0.4, -0.2) is 34.5 Å². The van der Waals surface area contributed by atoms with Crippen molar-refractivity contribution in [3.63, 3.8) is 0 Å². The molecule has 1 atom stereocenters. The van der Waals surface area contributed by atoms with Gasteiger partial charge >= 0.3 is 0 Å². The molecule has 0 rings (SSSR count). The Bertz CT molecular complexity index is 338. The zero-order chi connectivity index (χ0) is 17.0. The zero-order valence-corrected chi connectivity index (χ0v) is 12.4. The Labute approximate surface area is 124 Å². The van der Waals surface area contributed by atoms with Gasteiger partial charge in [-0.15, -0.1) is 0 Å². The predicted molar refractivity (Wildman–Crippen MR) is 80.1 cm³/mol. The first kappa shape index (κ1) is 13.4. The lowest BCUT2D eigenvalue weighted by atomic mass is 10.1. The third kappa shape index (κ3) is 15.4. The van der Waals surface area contributed by atoms with Crippen LogP contribution in [0, 0.1) is 0 Å². The van der Waals surface area contributed by atoms with Gasteiger partial charge in [0.15, 0.2) is 5.12 Å². The topological polar surface area (TPSA) is 66.4 Å². The van der Waals surface area contributed by atoms with E-state index >= 15 is 0 Å². The minimum atomic E-state index is -2.28. The standard InChI is InChI=1S/C14H27NO3S/c1-12(16)8-6-4-3-5-7-9-14(18)19-11-10-15-13(2)17/h12,16H,3-11H2,1-2H3,(H,15,17)/i1D3. The van der Waals surface area contributed by atoms with Crippen LogP contribution in [0.25, 0.3) is 0 Å². The quantitative estimate of drug-likeness (QED) is 0.574. The van der Waals surface area contributed by atoms with Crippen molar-refractivity contribution in [2.45, 2.75) is 64.8 Å². The summed E-state index contributed by atoms with van der Waals surface area (Å²) >= 11 is 1.24. The Balaban J connectivity index is 3.39. The summed E-state index contributed by atoms with van der Waals surface area (Å²) in [5.41, 5.74) is 0. The molecule has 0 aliphatic rings. The molecule has 19 heavy (non-hydrogen) atoms. The number of thioether (sulfide) groups is 1. The molecule has 0 bridgehead atoms. The summed E-state index contributed by atoms with van der Waals surface area (Å²) in [7, 11) is 0. The molecule has 0 spiro atoms. The Morgan fingerprint density at radius 3 is 2.63 bits per heavy atom. The highest BCUT2D eigenvalue weighted by Crippen LogP contribution is 2.12. The summed E-state index contributed by atoms with van der Waals surface area (Å²) < 4.78 is 21.1. The maximum absolute atomic E-state index is 11.5. The van der Waals surface area contributed by atoms with Gasteiger partial charge in [0.1, 0.15) is 0 Å². The molecule has 5 heteroatoms. The minimum absolute atomic E-state index is 0.0864. The highest BCUT2D eigenvalue weighted by Gasteiger charge is 2.03. The van der Waals surface area contributed by atoms with Crippen LogP contribution >= 0.6 is 11.8 Å². The molecule has 1 unspecified atom stereocenters. The maximum Gasteiger partial charge on any atom is 0.216 e. The molecule has 0 saturated carbocycles. The minimum Gasteiger partial charge on any atom is -0.393 e. The van der Waals surface area contributed by atoms with Crippen molar-refractivity contribution in [1.82, 2.24) is 5.32 Å². The highest BCUT2D eigenvalue weighted by atomic mass is 32.2. The average molecular weight is 292 g/mol. The molecular weight excluding hydrogens is 262 g/mol. The van der Waals surface area contributed by atoms with Gasteiger partial charge in [-0.25, -0.2) is 0 Å². The molecule has 0 aromatic rings. The van der Waals surface area contributed by atoms with E-state index in [9.17, 15) is 14.7 Å². The summed E-state index contributed by atoms with van der Waals surface area (Å²) in [6.07, 6.45) is 3.87. The molecule has 1 amide bonds. The first-order chi connectivity index (χ1) is 10.2. The lowest BCUT2D eigenvalue weighted by Crippen LogP contribution is -2.22. The van der Waals surface area contributed by atoms with Crippen molar-refractivity contribution in [3.8, 4) is 0 Å². The van der Waals surface area contributed by atoms with Gasteiger partial charge in [-0.1, -0.05) is 37.4 Å². The Hall–Kier alpha value is -0.550. The zero-order valence-electron chi connectivity index (χ0n) is 14.6. The number of rotatable bonds is 11. The monoisotopic (exact) mass is 292 g/mol. The van der Waals surface area contributed by atoms with Gasteiger partial charge < -0.3 is 10.4 Å². The summed E-state index contributed by atoms with van der Waals surface area (Å²) in [5.74, 6) is 0.516. The number of carbonyl (C=O) groups is 2. The van der Waals surface area contributed by atoms with Crippen molar-refractivity contribution in [2.24, 2.45) is 0 Å². The van der Waals surface area contributed by atoms with Crippen molar-refractivity contribution >= 4 is 22.8 Å². The van der Waals surface area contributed by atoms with E-state index < -0.39 is 13.0 Å². The largest absolute Gasteiger partial charge is 0.393 e. The molecule has 0 aromatic heterocycles. The van der Waals surface area contributed by atoms with Crippen LogP contribution in [-0.2, 0) is 9.59 Å². The van der Waals surface area contributed by atoms with Crippen molar-refractivity contribution in [3.05, 3.63) is 0 Å². The van der Waals surface area contributed by atoms with Gasteiger partial charge in [0.05, 0.1) is 6.10 Å². The van der Waals surface area contributed by atoms with Crippen molar-refractivity contribution in [2.75, 3.05) is 12.3 Å². The second kappa shape index (κ2) is 12.5. The molecule has 0 aliphatic heterocycles. The summed E-state index contributed by atoms with van der Waals surface area (Å²) in [4.78, 5) is 22.2. The van der Waals surface area contributed by atoms with Crippen LogP contribution in [0.15, 0.2) is 0 Å². The number of unbranched alkanes of at least 4 members (excludes halogenated alkanes) is 4. The SMILES string of the molecule is [2H]C([2H])([2H])C(O)CCCCCCCC(=O)SCCNC(C)=O. The van der Waals surface area contributed by atoms with Crippen LogP contribution in [0.3, 0.4) is 0 Å². The number of hydrogen-bond acceptors (Lipinski definition) is 4. The predicted octanol–water partition coefficient (Wildman–Crippen LogP) is 2.49. The van der Waals surface area contributed by atoms with E-state index in [2.05, 4.69) is 5.32 Å². The van der Waals surface area contributed by atoms with E-state index in [4.69, 9.17) is 4.11 Å². The second-order valence-electron chi connectivity index (χ2n) is 4.53. The Morgan fingerprint density at radius 1 is 1.26 bits per heavy atom. The van der Waals surface area contributed by atoms with Gasteiger partial charge in [0, 0.05) is 29.8 Å². The fourth-order valence-corrected chi connectivity index (χ4v) is 2.32. The fraction of sp³-hybridized carbons (Fsp3) is 0.857. The average Bonchev–Trinajstić information content (AvgIpc) is 2.41. The first-order valence-corrected chi connectivity index (χ1v) is 7.80. The Morgan fingerprint density at radius 2 is 1.95 bits per heavy atom. The molecule has 0 aromatic carbocycles. The van der Waals surface area contributed by atoms with Gasteiger partial charge in [0.2, 0.25) is 5.91 Å². The second-order valence-corrected chi connectivity index (χ2v) is 5.68. The van der Waals surface area contributed by atoms with Crippen molar-refractivity contribution in [1.29, 1.82) is 0 Å². The number of aliphatic hydroxyl groups excluding tert-OH is 1. The van der Waals surface area contributed by atoms with Gasteiger partial charge in [-0.3, -0.25) is 9.59 Å². The number of nitrogens with one attached hydrogen (secondary N) is 1. The summed E-state index contributed by atoms with van der Waals surface area (Å²) in [6.45, 7) is -0.317. The number of carbonyl (C=O) groups excluding carboxylic acids is 2. The van der Waals surface area contributed by atoms with E-state index in [1.165, 1.54) is 18.7 Å². The van der Waals surface area contributed by atoms with E-state index in [1.807, 2.05) is 0 Å². The third-order valence-electron chi connectivity index (χ3n) is 2.60. The first-order valence-electron chi connectivity index (χ1n) is 8.31. The van der Waals surface area contributed by atoms with Crippen LogP contribution in [0.5, 0.6) is 0 Å². The van der Waals surface area contributed by atoms with Crippen LogP contribution < -0.4 is 5.32 Å². The van der Waals surface area contributed by atoms with Crippen molar-refractivity contribution < 1.29 is 18.8 Å². The molecule has 0 saturated heterocycles. The van der Waals surface area contributed by atoms with Gasteiger partial charge in [0.25, 0.3) is 0 Å². The smallest absolute Gasteiger partial charge is 0.216 e. The molecule has 112 valence electrons. The molecule has 4 nitrogen and oxygen atoms in total.